The Kier molecular flexibility index (Phi) is 14.8. The van der Waals surface area contributed by atoms with Gasteiger partial charge in [-0.2, -0.15) is 0 Å². The van der Waals surface area contributed by atoms with E-state index >= 15 is 0 Å². The summed E-state index contributed by atoms with van der Waals surface area (Å²) >= 11 is 0. The third-order valence-corrected chi connectivity index (χ3v) is 3.28. The Labute approximate surface area is 112 Å². The molecule has 0 radical (unpaired) electrons. The molecular weight excluding hydrogens is 230 g/mol. The van der Waals surface area contributed by atoms with Crippen molar-refractivity contribution in [2.75, 3.05) is 6.61 Å². The van der Waals surface area contributed by atoms with Crippen molar-refractivity contribution >= 4 is 0 Å². The monoisotopic (exact) mass is 261 g/mol. The molecule has 0 aliphatic carbocycles. The third kappa shape index (κ3) is 13.9. The number of rotatable bonds is 14. The predicted molar refractivity (Wildman–Crippen MR) is 74.1 cm³/mol. The summed E-state index contributed by atoms with van der Waals surface area (Å²) in [6.07, 6.45) is 13.4. The molecule has 1 atom stereocenters. The molecule has 3 N–H and O–H groups in total. The molecule has 0 spiro atoms. The summed E-state index contributed by atoms with van der Waals surface area (Å²) in [6, 6.07) is 0.353. The van der Waals surface area contributed by atoms with Gasteiger partial charge in [0, 0.05) is 6.04 Å². The molecule has 4 nitrogen and oxygen atoms in total. The smallest absolute Gasteiger partial charge is 0.0853 e. The predicted octanol–water partition coefficient (Wildman–Crippen LogP) is 4.05. The van der Waals surface area contributed by atoms with Gasteiger partial charge in [0.15, 0.2) is 0 Å². The molecule has 0 aliphatic heterocycles. The molecule has 0 aromatic heterocycles. The van der Waals surface area contributed by atoms with Crippen molar-refractivity contribution in [1.82, 2.24) is 0 Å². The van der Waals surface area contributed by atoms with E-state index < -0.39 is 0 Å². The average molecular weight is 261 g/mol. The van der Waals surface area contributed by atoms with Crippen LogP contribution in [0, 0.1) is 0 Å². The Morgan fingerprint density at radius 1 is 0.889 bits per heavy atom. The van der Waals surface area contributed by atoms with E-state index in [2.05, 4.69) is 16.8 Å². The van der Waals surface area contributed by atoms with E-state index in [0.29, 0.717) is 12.6 Å². The second-order valence-corrected chi connectivity index (χ2v) is 5.06. The Bertz CT molecular complexity index is 140. The number of hydrogen-bond donors (Lipinski definition) is 2. The van der Waals surface area contributed by atoms with Gasteiger partial charge in [-0.1, -0.05) is 63.3 Å². The molecule has 0 saturated carbocycles. The SMILES string of the molecule is CCCCCCCCC(N)CCCCCOOO. The third-order valence-electron chi connectivity index (χ3n) is 3.28. The number of nitrogens with two attached hydrogens (primary N) is 1. The van der Waals surface area contributed by atoms with Crippen molar-refractivity contribution in [2.45, 2.75) is 83.6 Å². The minimum absolute atomic E-state index is 0.353. The summed E-state index contributed by atoms with van der Waals surface area (Å²) in [7, 11) is 0. The lowest BCUT2D eigenvalue weighted by Crippen LogP contribution is -2.19. The summed E-state index contributed by atoms with van der Waals surface area (Å²) < 4.78 is 0. The van der Waals surface area contributed by atoms with Crippen LogP contribution in [0.15, 0.2) is 0 Å². The lowest BCUT2D eigenvalue weighted by Gasteiger charge is -2.11. The zero-order valence-electron chi connectivity index (χ0n) is 11.9. The van der Waals surface area contributed by atoms with Gasteiger partial charge < -0.3 is 5.73 Å². The Morgan fingerprint density at radius 3 is 2.06 bits per heavy atom. The van der Waals surface area contributed by atoms with Gasteiger partial charge in [-0.25, -0.2) is 10.1 Å². The molecule has 0 aliphatic rings. The summed E-state index contributed by atoms with van der Waals surface area (Å²) in [4.78, 5) is 4.38. The quantitative estimate of drug-likeness (QED) is 0.281. The van der Waals surface area contributed by atoms with Crippen molar-refractivity contribution < 1.29 is 15.2 Å². The van der Waals surface area contributed by atoms with Crippen molar-refractivity contribution in [2.24, 2.45) is 5.73 Å². The topological polar surface area (TPSA) is 64.7 Å². The van der Waals surface area contributed by atoms with Crippen LogP contribution >= 0.6 is 0 Å². The molecule has 0 aromatic rings. The van der Waals surface area contributed by atoms with Crippen LogP contribution in [0.1, 0.15) is 77.6 Å². The van der Waals surface area contributed by atoms with E-state index in [1.54, 1.807) is 0 Å². The first-order valence-corrected chi connectivity index (χ1v) is 7.49. The lowest BCUT2D eigenvalue weighted by molar-refractivity contribution is -0.490. The van der Waals surface area contributed by atoms with E-state index in [0.717, 1.165) is 32.1 Å². The first-order valence-electron chi connectivity index (χ1n) is 7.49. The molecule has 0 bridgehead atoms. The molecule has 0 fully saturated rings. The van der Waals surface area contributed by atoms with Crippen LogP contribution in [0.25, 0.3) is 0 Å². The highest BCUT2D eigenvalue weighted by atomic mass is 17.5. The van der Waals surface area contributed by atoms with Crippen molar-refractivity contribution in [3.63, 3.8) is 0 Å². The van der Waals surface area contributed by atoms with Gasteiger partial charge in [-0.05, 0) is 19.3 Å². The second kappa shape index (κ2) is 14.9. The molecule has 110 valence electrons. The Hall–Kier alpha value is -0.160. The van der Waals surface area contributed by atoms with Crippen LogP contribution in [0.5, 0.6) is 0 Å². The van der Waals surface area contributed by atoms with Crippen LogP contribution in [0.3, 0.4) is 0 Å². The van der Waals surface area contributed by atoms with E-state index in [1.165, 1.54) is 38.5 Å². The van der Waals surface area contributed by atoms with Crippen molar-refractivity contribution in [1.29, 1.82) is 0 Å². The van der Waals surface area contributed by atoms with Gasteiger partial charge in [-0.3, -0.25) is 0 Å². The van der Waals surface area contributed by atoms with Gasteiger partial charge in [0.1, 0.15) is 0 Å². The molecule has 0 aromatic carbocycles. The van der Waals surface area contributed by atoms with E-state index in [-0.39, 0.29) is 0 Å². The van der Waals surface area contributed by atoms with Crippen molar-refractivity contribution in [3.8, 4) is 0 Å². The molecule has 0 amide bonds. The highest BCUT2D eigenvalue weighted by Gasteiger charge is 2.02. The maximum atomic E-state index is 7.94. The minimum Gasteiger partial charge on any atom is -0.328 e. The number of hydrogen-bond acceptors (Lipinski definition) is 4. The van der Waals surface area contributed by atoms with Gasteiger partial charge in [0.25, 0.3) is 0 Å². The van der Waals surface area contributed by atoms with Crippen LogP contribution in [-0.4, -0.2) is 17.9 Å². The minimum atomic E-state index is 0.353. The zero-order chi connectivity index (χ0) is 13.5. The van der Waals surface area contributed by atoms with E-state index in [4.69, 9.17) is 11.0 Å². The fourth-order valence-corrected chi connectivity index (χ4v) is 2.11. The highest BCUT2D eigenvalue weighted by molar-refractivity contribution is 4.61. The number of unbranched alkanes of at least 4 members (excludes halogenated alkanes) is 7. The first kappa shape index (κ1) is 17.8. The van der Waals surface area contributed by atoms with Crippen LogP contribution in [-0.2, 0) is 9.93 Å². The highest BCUT2D eigenvalue weighted by Crippen LogP contribution is 2.11. The standard InChI is InChI=1S/C14H31NO3/c1-2-3-4-5-6-8-11-14(15)12-9-7-10-13-17-18-16/h14,16H,2-13,15H2,1H3. The van der Waals surface area contributed by atoms with Gasteiger partial charge >= 0.3 is 0 Å². The van der Waals surface area contributed by atoms with Crippen LogP contribution in [0.4, 0.5) is 0 Å². The largest absolute Gasteiger partial charge is 0.328 e. The maximum absolute atomic E-state index is 7.94. The summed E-state index contributed by atoms with van der Waals surface area (Å²) in [6.45, 7) is 2.69. The zero-order valence-corrected chi connectivity index (χ0v) is 11.9. The summed E-state index contributed by atoms with van der Waals surface area (Å²) in [5, 5.41) is 11.5. The summed E-state index contributed by atoms with van der Waals surface area (Å²) in [5.41, 5.74) is 6.06. The van der Waals surface area contributed by atoms with Gasteiger partial charge in [-0.15, -0.1) is 0 Å². The maximum Gasteiger partial charge on any atom is 0.0853 e. The second-order valence-electron chi connectivity index (χ2n) is 5.06. The Balaban J connectivity index is 3.10. The lowest BCUT2D eigenvalue weighted by atomic mass is 10.0. The van der Waals surface area contributed by atoms with E-state index in [1.807, 2.05) is 0 Å². The fraction of sp³-hybridized carbons (Fsp3) is 1.00. The molecule has 0 rings (SSSR count). The van der Waals surface area contributed by atoms with Crippen molar-refractivity contribution in [3.05, 3.63) is 0 Å². The van der Waals surface area contributed by atoms with Gasteiger partial charge in [0.05, 0.1) is 6.61 Å². The molecule has 0 heterocycles. The summed E-state index contributed by atoms with van der Waals surface area (Å²) in [5.74, 6) is 0. The van der Waals surface area contributed by atoms with Crippen LogP contribution < -0.4 is 5.73 Å². The molecule has 1 unspecified atom stereocenters. The Morgan fingerprint density at radius 2 is 1.44 bits per heavy atom. The molecule has 4 heteroatoms. The van der Waals surface area contributed by atoms with Crippen LogP contribution in [0.2, 0.25) is 0 Å². The average Bonchev–Trinajstić information content (AvgIpc) is 2.38. The molecular formula is C14H31NO3. The first-order chi connectivity index (χ1) is 8.81. The van der Waals surface area contributed by atoms with Gasteiger partial charge in [0.2, 0.25) is 0 Å². The molecule has 18 heavy (non-hydrogen) atoms. The van der Waals surface area contributed by atoms with E-state index in [9.17, 15) is 0 Å². The molecule has 0 saturated heterocycles. The normalized spacial score (nSPS) is 12.8. The fourth-order valence-electron chi connectivity index (χ4n) is 2.11.